The Balaban J connectivity index is 1.92. The number of rotatable bonds is 10. The van der Waals surface area contributed by atoms with Gasteiger partial charge in [-0.25, -0.2) is 8.42 Å². The van der Waals surface area contributed by atoms with Gasteiger partial charge in [0.25, 0.3) is 0 Å². The molecule has 0 amide bonds. The first-order valence-corrected chi connectivity index (χ1v) is 10.4. The molecule has 0 unspecified atom stereocenters. The molecule has 0 radical (unpaired) electrons. The highest BCUT2D eigenvalue weighted by Gasteiger charge is 2.13. The van der Waals surface area contributed by atoms with Crippen LogP contribution in [0.4, 0.5) is 11.4 Å². The summed E-state index contributed by atoms with van der Waals surface area (Å²) >= 11 is 0. The van der Waals surface area contributed by atoms with Crippen molar-refractivity contribution < 1.29 is 17.9 Å². The standard InChI is InChI=1S/C18H20N6O4S/c1-13-3-5-15(21-23-19)17(11-13)27-7-9-29(25,26)10-8-28-18-12-14(2)4-6-16(18)22-24-20/h3-6,11-12H,7-10H2,1-2H3. The van der Waals surface area contributed by atoms with E-state index in [0.717, 1.165) is 11.1 Å². The number of azide groups is 2. The lowest BCUT2D eigenvalue weighted by Crippen LogP contribution is -2.21. The second-order valence-electron chi connectivity index (χ2n) is 6.17. The van der Waals surface area contributed by atoms with Gasteiger partial charge in [0, 0.05) is 9.82 Å². The first-order chi connectivity index (χ1) is 13.8. The zero-order chi connectivity index (χ0) is 21.3. The molecule has 29 heavy (non-hydrogen) atoms. The Morgan fingerprint density at radius 3 is 1.62 bits per heavy atom. The van der Waals surface area contributed by atoms with Crippen molar-refractivity contribution in [2.45, 2.75) is 13.8 Å². The van der Waals surface area contributed by atoms with Crippen LogP contribution in [-0.4, -0.2) is 33.1 Å². The molecule has 0 N–H and O–H groups in total. The smallest absolute Gasteiger partial charge is 0.156 e. The highest BCUT2D eigenvalue weighted by atomic mass is 32.2. The second-order valence-corrected chi connectivity index (χ2v) is 8.47. The lowest BCUT2D eigenvalue weighted by molar-refractivity contribution is 0.334. The number of nitrogens with zero attached hydrogens (tertiary/aromatic N) is 6. The summed E-state index contributed by atoms with van der Waals surface area (Å²) in [7, 11) is -3.45. The summed E-state index contributed by atoms with van der Waals surface area (Å²) in [6, 6.07) is 10.1. The van der Waals surface area contributed by atoms with Crippen LogP contribution in [-0.2, 0) is 9.84 Å². The molecule has 0 bridgehead atoms. The molecular formula is C18H20N6O4S. The summed E-state index contributed by atoms with van der Waals surface area (Å²) in [6.45, 7) is 3.51. The van der Waals surface area contributed by atoms with Crippen molar-refractivity contribution in [2.75, 3.05) is 24.7 Å². The first kappa shape index (κ1) is 21.9. The van der Waals surface area contributed by atoms with Gasteiger partial charge < -0.3 is 9.47 Å². The predicted octanol–water partition coefficient (Wildman–Crippen LogP) is 5.06. The fraction of sp³-hybridized carbons (Fsp3) is 0.333. The molecule has 2 aromatic carbocycles. The predicted molar refractivity (Wildman–Crippen MR) is 110 cm³/mol. The summed E-state index contributed by atoms with van der Waals surface area (Å²) in [5.41, 5.74) is 19.6. The average Bonchev–Trinajstić information content (AvgIpc) is 2.66. The Labute approximate surface area is 168 Å². The molecule has 2 aromatic rings. The monoisotopic (exact) mass is 416 g/mol. The molecule has 0 fully saturated rings. The number of benzene rings is 2. The topological polar surface area (TPSA) is 150 Å². The Hall–Kier alpha value is -3.39. The molecule has 0 atom stereocenters. The summed E-state index contributed by atoms with van der Waals surface area (Å²) in [5.74, 6) is 0.203. The van der Waals surface area contributed by atoms with Gasteiger partial charge in [-0.15, -0.1) is 0 Å². The average molecular weight is 416 g/mol. The maximum absolute atomic E-state index is 12.2. The highest BCUT2D eigenvalue weighted by molar-refractivity contribution is 7.91. The largest absolute Gasteiger partial charge is 0.492 e. The molecule has 10 nitrogen and oxygen atoms in total. The number of aryl methyl sites for hydroxylation is 2. The minimum atomic E-state index is -3.45. The first-order valence-electron chi connectivity index (χ1n) is 8.62. The van der Waals surface area contributed by atoms with E-state index in [0.29, 0.717) is 22.9 Å². The van der Waals surface area contributed by atoms with Crippen LogP contribution < -0.4 is 9.47 Å². The molecule has 0 aliphatic rings. The molecule has 0 spiro atoms. The molecular weight excluding hydrogens is 396 g/mol. The van der Waals surface area contributed by atoms with Gasteiger partial charge >= 0.3 is 0 Å². The minimum absolute atomic E-state index is 0.0891. The van der Waals surface area contributed by atoms with Crippen molar-refractivity contribution in [3.05, 3.63) is 68.4 Å². The minimum Gasteiger partial charge on any atom is -0.492 e. The van der Waals surface area contributed by atoms with Gasteiger partial charge in [0.15, 0.2) is 9.84 Å². The Morgan fingerprint density at radius 1 is 0.828 bits per heavy atom. The van der Waals surface area contributed by atoms with Gasteiger partial charge in [0.05, 0.1) is 22.9 Å². The third kappa shape index (κ3) is 6.93. The fourth-order valence-electron chi connectivity index (χ4n) is 2.39. The van der Waals surface area contributed by atoms with E-state index in [1.807, 2.05) is 13.8 Å². The van der Waals surface area contributed by atoms with E-state index in [4.69, 9.17) is 20.5 Å². The van der Waals surface area contributed by atoms with Crippen LogP contribution in [0.15, 0.2) is 46.6 Å². The second kappa shape index (κ2) is 10.2. The van der Waals surface area contributed by atoms with Gasteiger partial charge in [-0.1, -0.05) is 22.4 Å². The Morgan fingerprint density at radius 2 is 1.24 bits per heavy atom. The fourth-order valence-corrected chi connectivity index (χ4v) is 3.27. The summed E-state index contributed by atoms with van der Waals surface area (Å²) in [4.78, 5) is 5.46. The summed E-state index contributed by atoms with van der Waals surface area (Å²) < 4.78 is 35.5. The number of hydrogen-bond acceptors (Lipinski definition) is 6. The normalized spacial score (nSPS) is 10.6. The van der Waals surface area contributed by atoms with E-state index in [-0.39, 0.29) is 24.7 Å². The van der Waals surface area contributed by atoms with Crippen LogP contribution >= 0.6 is 0 Å². The zero-order valence-electron chi connectivity index (χ0n) is 16.0. The number of ether oxygens (including phenoxy) is 2. The molecule has 11 heteroatoms. The van der Waals surface area contributed by atoms with Crippen molar-refractivity contribution in [1.82, 2.24) is 0 Å². The molecule has 0 aromatic heterocycles. The zero-order valence-corrected chi connectivity index (χ0v) is 16.8. The SMILES string of the molecule is Cc1ccc(N=[N+]=[N-])c(OCCS(=O)(=O)CCOc2cc(C)ccc2N=[N+]=[N-])c1. The molecule has 0 aliphatic carbocycles. The highest BCUT2D eigenvalue weighted by Crippen LogP contribution is 2.29. The van der Waals surface area contributed by atoms with Crippen molar-refractivity contribution in [2.24, 2.45) is 10.2 Å². The summed E-state index contributed by atoms with van der Waals surface area (Å²) in [6.07, 6.45) is 0. The number of hydrogen-bond donors (Lipinski definition) is 0. The van der Waals surface area contributed by atoms with E-state index in [2.05, 4.69) is 20.1 Å². The molecule has 0 saturated carbocycles. The van der Waals surface area contributed by atoms with Crippen molar-refractivity contribution in [3.8, 4) is 11.5 Å². The maximum atomic E-state index is 12.2. The molecule has 2 rings (SSSR count). The van der Waals surface area contributed by atoms with Gasteiger partial charge in [-0.05, 0) is 60.3 Å². The molecule has 0 heterocycles. The molecule has 0 saturated heterocycles. The van der Waals surface area contributed by atoms with Gasteiger partial charge in [-0.3, -0.25) is 0 Å². The van der Waals surface area contributed by atoms with Gasteiger partial charge in [0.2, 0.25) is 0 Å². The third-order valence-electron chi connectivity index (χ3n) is 3.84. The lowest BCUT2D eigenvalue weighted by Gasteiger charge is -2.11. The van der Waals surface area contributed by atoms with E-state index in [1.54, 1.807) is 36.4 Å². The van der Waals surface area contributed by atoms with Crippen molar-refractivity contribution in [1.29, 1.82) is 0 Å². The van der Waals surface area contributed by atoms with E-state index in [1.165, 1.54) is 0 Å². The van der Waals surface area contributed by atoms with Crippen LogP contribution in [0, 0.1) is 13.8 Å². The molecule has 0 aliphatic heterocycles. The Bertz CT molecular complexity index is 994. The van der Waals surface area contributed by atoms with Crippen LogP contribution in [0.5, 0.6) is 11.5 Å². The van der Waals surface area contributed by atoms with E-state index in [9.17, 15) is 8.42 Å². The van der Waals surface area contributed by atoms with Crippen LogP contribution in [0.25, 0.3) is 20.9 Å². The third-order valence-corrected chi connectivity index (χ3v) is 5.42. The van der Waals surface area contributed by atoms with Crippen molar-refractivity contribution >= 4 is 21.2 Å². The van der Waals surface area contributed by atoms with E-state index < -0.39 is 9.84 Å². The van der Waals surface area contributed by atoms with Crippen LogP contribution in [0.1, 0.15) is 11.1 Å². The lowest BCUT2D eigenvalue weighted by atomic mass is 10.2. The van der Waals surface area contributed by atoms with E-state index >= 15 is 0 Å². The van der Waals surface area contributed by atoms with Crippen LogP contribution in [0.2, 0.25) is 0 Å². The van der Waals surface area contributed by atoms with Gasteiger partial charge in [-0.2, -0.15) is 0 Å². The van der Waals surface area contributed by atoms with Crippen molar-refractivity contribution in [3.63, 3.8) is 0 Å². The summed E-state index contributed by atoms with van der Waals surface area (Å²) in [5, 5.41) is 7.06. The number of sulfone groups is 1. The Kier molecular flexibility index (Phi) is 7.73. The maximum Gasteiger partial charge on any atom is 0.156 e. The quantitative estimate of drug-likeness (QED) is 0.302. The van der Waals surface area contributed by atoms with Gasteiger partial charge in [0.1, 0.15) is 24.7 Å². The molecule has 152 valence electrons. The van der Waals surface area contributed by atoms with Crippen LogP contribution in [0.3, 0.4) is 0 Å².